The van der Waals surface area contributed by atoms with E-state index >= 15 is 0 Å². The maximum Gasteiger partial charge on any atom is 0.242 e. The van der Waals surface area contributed by atoms with Crippen molar-refractivity contribution in [3.8, 4) is 0 Å². The van der Waals surface area contributed by atoms with Gasteiger partial charge >= 0.3 is 0 Å². The molecule has 1 aromatic rings. The van der Waals surface area contributed by atoms with Crippen molar-refractivity contribution in [2.75, 3.05) is 20.1 Å². The van der Waals surface area contributed by atoms with Crippen LogP contribution in [0.25, 0.3) is 0 Å². The minimum Gasteiger partial charge on any atom is -0.335 e. The van der Waals surface area contributed by atoms with Crippen molar-refractivity contribution >= 4 is 23.2 Å². The highest BCUT2D eigenvalue weighted by molar-refractivity contribution is 7.09. The van der Waals surface area contributed by atoms with E-state index in [1.54, 1.807) is 34.4 Å². The Hall–Kier alpha value is -1.43. The fourth-order valence-electron chi connectivity index (χ4n) is 3.86. The first-order valence-corrected chi connectivity index (χ1v) is 9.32. The first-order valence-electron chi connectivity index (χ1n) is 8.44. The van der Waals surface area contributed by atoms with Gasteiger partial charge in [0.15, 0.2) is 0 Å². The molecule has 23 heavy (non-hydrogen) atoms. The predicted molar refractivity (Wildman–Crippen MR) is 90.0 cm³/mol. The zero-order valence-electron chi connectivity index (χ0n) is 14.0. The van der Waals surface area contributed by atoms with Crippen LogP contribution in [0.2, 0.25) is 0 Å². The molecular formula is C17H25N3O2S. The number of rotatable bonds is 4. The molecule has 1 atom stereocenters. The molecule has 1 aromatic heterocycles. The molecule has 0 radical (unpaired) electrons. The summed E-state index contributed by atoms with van der Waals surface area (Å²) in [4.78, 5) is 32.7. The van der Waals surface area contributed by atoms with Crippen LogP contribution in [-0.4, -0.2) is 46.7 Å². The van der Waals surface area contributed by atoms with Gasteiger partial charge in [-0.1, -0.05) is 19.3 Å². The fourth-order valence-corrected chi connectivity index (χ4v) is 4.60. The van der Waals surface area contributed by atoms with E-state index in [9.17, 15) is 9.59 Å². The molecule has 1 saturated heterocycles. The smallest absolute Gasteiger partial charge is 0.242 e. The number of nitrogens with zero attached hydrogens (tertiary/aromatic N) is 3. The number of aromatic nitrogens is 1. The van der Waals surface area contributed by atoms with Gasteiger partial charge in [0.25, 0.3) is 0 Å². The Morgan fingerprint density at radius 3 is 2.83 bits per heavy atom. The lowest BCUT2D eigenvalue weighted by atomic mass is 9.73. The Kier molecular flexibility index (Phi) is 4.71. The second-order valence-corrected chi connectivity index (χ2v) is 7.96. The van der Waals surface area contributed by atoms with Crippen molar-refractivity contribution in [2.45, 2.75) is 51.5 Å². The fraction of sp³-hybridized carbons (Fsp3) is 0.706. The van der Waals surface area contributed by atoms with E-state index in [0.29, 0.717) is 6.42 Å². The summed E-state index contributed by atoms with van der Waals surface area (Å²) in [6.45, 7) is 2.94. The normalized spacial score (nSPS) is 21.7. The van der Waals surface area contributed by atoms with Gasteiger partial charge in [0.05, 0.1) is 12.6 Å². The summed E-state index contributed by atoms with van der Waals surface area (Å²) in [5.41, 5.74) is 0.148. The molecule has 1 unspecified atom stereocenters. The summed E-state index contributed by atoms with van der Waals surface area (Å²) in [5.74, 6) is 0.143. The molecule has 2 heterocycles. The van der Waals surface area contributed by atoms with Crippen LogP contribution in [-0.2, 0) is 9.59 Å². The molecule has 1 aliphatic carbocycles. The number of carbonyl (C=O) groups excluding carboxylic acids is 2. The van der Waals surface area contributed by atoms with Gasteiger partial charge in [0.2, 0.25) is 11.8 Å². The van der Waals surface area contributed by atoms with Crippen molar-refractivity contribution in [1.29, 1.82) is 0 Å². The van der Waals surface area contributed by atoms with Gasteiger partial charge in [0, 0.05) is 31.6 Å². The summed E-state index contributed by atoms with van der Waals surface area (Å²) in [7, 11) is 1.80. The second-order valence-electron chi connectivity index (χ2n) is 7.04. The van der Waals surface area contributed by atoms with Crippen LogP contribution in [0.5, 0.6) is 0 Å². The Morgan fingerprint density at radius 1 is 1.43 bits per heavy atom. The Bertz CT molecular complexity index is 566. The van der Waals surface area contributed by atoms with Gasteiger partial charge in [-0.25, -0.2) is 4.98 Å². The highest BCUT2D eigenvalue weighted by atomic mass is 32.1. The topological polar surface area (TPSA) is 53.5 Å². The van der Waals surface area contributed by atoms with Gasteiger partial charge in [0.1, 0.15) is 5.01 Å². The number of thiazole rings is 1. The van der Waals surface area contributed by atoms with E-state index < -0.39 is 0 Å². The molecule has 3 rings (SSSR count). The van der Waals surface area contributed by atoms with Gasteiger partial charge in [-0.15, -0.1) is 11.3 Å². The van der Waals surface area contributed by atoms with Crippen LogP contribution in [0.1, 0.15) is 56.5 Å². The zero-order valence-corrected chi connectivity index (χ0v) is 14.8. The number of likely N-dealkylation sites (N-methyl/N-ethyl adjacent to an activating group) is 1. The minimum atomic E-state index is -0.0520. The standard InChI is InChI=1S/C17H25N3O2S/c1-13(16-18-8-9-23-16)19(2)15(22)11-20-12-17(10-14(20)21)6-4-3-5-7-17/h8-9,13H,3-7,10-12H2,1-2H3. The van der Waals surface area contributed by atoms with E-state index in [4.69, 9.17) is 0 Å². The van der Waals surface area contributed by atoms with Gasteiger partial charge < -0.3 is 9.80 Å². The van der Waals surface area contributed by atoms with E-state index in [2.05, 4.69) is 4.98 Å². The molecule has 0 bridgehead atoms. The van der Waals surface area contributed by atoms with Gasteiger partial charge in [-0.2, -0.15) is 0 Å². The summed E-state index contributed by atoms with van der Waals surface area (Å²) in [6.07, 6.45) is 8.37. The highest BCUT2D eigenvalue weighted by Crippen LogP contribution is 2.44. The van der Waals surface area contributed by atoms with Crippen LogP contribution in [0.15, 0.2) is 11.6 Å². The molecule has 2 amide bonds. The van der Waals surface area contributed by atoms with Gasteiger partial charge in [-0.3, -0.25) is 9.59 Å². The molecule has 5 nitrogen and oxygen atoms in total. The molecule has 1 spiro atoms. The summed E-state index contributed by atoms with van der Waals surface area (Å²) in [5, 5.41) is 2.85. The van der Waals surface area contributed by atoms with E-state index in [1.165, 1.54) is 19.3 Å². The Balaban J connectivity index is 1.60. The van der Waals surface area contributed by atoms with Crippen molar-refractivity contribution in [3.63, 3.8) is 0 Å². The molecule has 1 saturated carbocycles. The first-order chi connectivity index (χ1) is 11.0. The molecule has 6 heteroatoms. The van der Waals surface area contributed by atoms with E-state index in [-0.39, 0.29) is 29.8 Å². The minimum absolute atomic E-state index is 0.00564. The molecule has 126 valence electrons. The third-order valence-electron chi connectivity index (χ3n) is 5.43. The lowest BCUT2D eigenvalue weighted by molar-refractivity contribution is -0.138. The summed E-state index contributed by atoms with van der Waals surface area (Å²) >= 11 is 1.55. The molecule has 1 aliphatic heterocycles. The van der Waals surface area contributed by atoms with Gasteiger partial charge in [-0.05, 0) is 25.2 Å². The predicted octanol–water partition coefficient (Wildman–Crippen LogP) is 2.85. The van der Waals surface area contributed by atoms with Crippen molar-refractivity contribution in [2.24, 2.45) is 5.41 Å². The number of amides is 2. The SMILES string of the molecule is CC(c1nccs1)N(C)C(=O)CN1CC2(CCCCC2)CC1=O. The van der Waals surface area contributed by atoms with Crippen molar-refractivity contribution in [3.05, 3.63) is 16.6 Å². The summed E-state index contributed by atoms with van der Waals surface area (Å²) in [6, 6.07) is -0.0520. The molecular weight excluding hydrogens is 310 g/mol. The first kappa shape index (κ1) is 16.4. The molecule has 0 N–H and O–H groups in total. The van der Waals surface area contributed by atoms with E-state index in [1.807, 2.05) is 12.3 Å². The van der Waals surface area contributed by atoms with Crippen LogP contribution in [0.3, 0.4) is 0 Å². The number of likely N-dealkylation sites (tertiary alicyclic amines) is 1. The Morgan fingerprint density at radius 2 is 2.17 bits per heavy atom. The maximum atomic E-state index is 12.6. The number of carbonyl (C=O) groups is 2. The van der Waals surface area contributed by atoms with Crippen LogP contribution < -0.4 is 0 Å². The second kappa shape index (κ2) is 6.59. The third-order valence-corrected chi connectivity index (χ3v) is 6.37. The summed E-state index contributed by atoms with van der Waals surface area (Å²) < 4.78 is 0. The quantitative estimate of drug-likeness (QED) is 0.850. The Labute approximate surface area is 141 Å². The zero-order chi connectivity index (χ0) is 16.4. The largest absolute Gasteiger partial charge is 0.335 e. The maximum absolute atomic E-state index is 12.6. The average molecular weight is 335 g/mol. The number of hydrogen-bond acceptors (Lipinski definition) is 4. The number of hydrogen-bond donors (Lipinski definition) is 0. The lowest BCUT2D eigenvalue weighted by Gasteiger charge is -2.33. The average Bonchev–Trinajstić information content (AvgIpc) is 3.16. The van der Waals surface area contributed by atoms with Crippen LogP contribution in [0.4, 0.5) is 0 Å². The van der Waals surface area contributed by atoms with Crippen molar-refractivity contribution < 1.29 is 9.59 Å². The lowest BCUT2D eigenvalue weighted by Crippen LogP contribution is -2.41. The third kappa shape index (κ3) is 3.42. The molecule has 2 fully saturated rings. The van der Waals surface area contributed by atoms with Crippen LogP contribution in [0, 0.1) is 5.41 Å². The molecule has 2 aliphatic rings. The van der Waals surface area contributed by atoms with E-state index in [0.717, 1.165) is 24.4 Å². The van der Waals surface area contributed by atoms with Crippen LogP contribution >= 0.6 is 11.3 Å². The highest BCUT2D eigenvalue weighted by Gasteiger charge is 2.44. The molecule has 0 aromatic carbocycles. The monoisotopic (exact) mass is 335 g/mol. The van der Waals surface area contributed by atoms with Crippen molar-refractivity contribution in [1.82, 2.24) is 14.8 Å².